The highest BCUT2D eigenvalue weighted by Crippen LogP contribution is 2.02. The average Bonchev–Trinajstić information content (AvgIpc) is 2.25. The molecule has 16 heavy (non-hydrogen) atoms. The van der Waals surface area contributed by atoms with Gasteiger partial charge in [-0.05, 0) is 33.6 Å². The largest absolute Gasteiger partial charge is 0.380 e. The maximum atomic E-state index is 5.65. The van der Waals surface area contributed by atoms with Gasteiger partial charge in [-0.2, -0.15) is 0 Å². The third-order valence-corrected chi connectivity index (χ3v) is 2.31. The Bertz CT molecular complexity index is 144. The maximum Gasteiger partial charge on any atom is 0.0588 e. The van der Waals surface area contributed by atoms with Crippen molar-refractivity contribution < 1.29 is 14.2 Å². The van der Waals surface area contributed by atoms with Gasteiger partial charge in [0.25, 0.3) is 0 Å². The number of hydrogen-bond acceptors (Lipinski definition) is 4. The van der Waals surface area contributed by atoms with E-state index in [-0.39, 0.29) is 12.2 Å². The van der Waals surface area contributed by atoms with Gasteiger partial charge in [-0.3, -0.25) is 0 Å². The maximum absolute atomic E-state index is 5.65. The van der Waals surface area contributed by atoms with Crippen molar-refractivity contribution >= 4 is 0 Å². The van der Waals surface area contributed by atoms with Crippen LogP contribution in [-0.4, -0.2) is 45.2 Å². The summed E-state index contributed by atoms with van der Waals surface area (Å²) in [4.78, 5) is 0. The summed E-state index contributed by atoms with van der Waals surface area (Å²) in [6.45, 7) is 9.60. The second-order valence-electron chi connectivity index (χ2n) is 3.93. The van der Waals surface area contributed by atoms with Crippen molar-refractivity contribution in [2.75, 3.05) is 33.0 Å². The normalized spacial score (nSPS) is 15.0. The molecule has 2 N–H and O–H groups in total. The predicted molar refractivity (Wildman–Crippen MR) is 65.6 cm³/mol. The lowest BCUT2D eigenvalue weighted by Crippen LogP contribution is -2.17. The molecule has 0 heterocycles. The fraction of sp³-hybridized carbons (Fsp3) is 1.00. The highest BCUT2D eigenvalue weighted by atomic mass is 16.5. The summed E-state index contributed by atoms with van der Waals surface area (Å²) in [5.41, 5.74) is 5.32. The molecule has 0 aromatic rings. The van der Waals surface area contributed by atoms with E-state index in [2.05, 4.69) is 13.8 Å². The Balaban J connectivity index is 3.26. The van der Waals surface area contributed by atoms with Gasteiger partial charge < -0.3 is 19.9 Å². The molecule has 0 aliphatic carbocycles. The van der Waals surface area contributed by atoms with Gasteiger partial charge in [0, 0.05) is 26.4 Å². The van der Waals surface area contributed by atoms with E-state index in [4.69, 9.17) is 19.9 Å². The first-order chi connectivity index (χ1) is 7.70. The standard InChI is InChI=1S/C12H27NO3/c1-4-15-11(2)6-9-16-12(3)5-8-14-10-7-13/h11-12H,4-10,13H2,1-3H3. The SMILES string of the molecule is CCOC(C)CCOC(C)CCOCCN. The fourth-order valence-electron chi connectivity index (χ4n) is 1.32. The summed E-state index contributed by atoms with van der Waals surface area (Å²) in [5.74, 6) is 0. The zero-order valence-corrected chi connectivity index (χ0v) is 10.9. The van der Waals surface area contributed by atoms with Gasteiger partial charge in [0.1, 0.15) is 0 Å². The minimum Gasteiger partial charge on any atom is -0.380 e. The highest BCUT2D eigenvalue weighted by molar-refractivity contribution is 4.53. The molecule has 98 valence electrons. The van der Waals surface area contributed by atoms with Crippen LogP contribution >= 0.6 is 0 Å². The smallest absolute Gasteiger partial charge is 0.0588 e. The second-order valence-corrected chi connectivity index (χ2v) is 3.93. The van der Waals surface area contributed by atoms with Crippen LogP contribution in [0.1, 0.15) is 33.6 Å². The zero-order valence-electron chi connectivity index (χ0n) is 10.9. The Morgan fingerprint density at radius 1 is 0.938 bits per heavy atom. The lowest BCUT2D eigenvalue weighted by atomic mass is 10.3. The molecule has 0 radical (unpaired) electrons. The van der Waals surface area contributed by atoms with Gasteiger partial charge in [-0.1, -0.05) is 0 Å². The van der Waals surface area contributed by atoms with Crippen molar-refractivity contribution in [2.45, 2.75) is 45.8 Å². The molecule has 4 nitrogen and oxygen atoms in total. The van der Waals surface area contributed by atoms with Crippen LogP contribution < -0.4 is 5.73 Å². The first kappa shape index (κ1) is 15.8. The van der Waals surface area contributed by atoms with Crippen LogP contribution in [0.5, 0.6) is 0 Å². The van der Waals surface area contributed by atoms with Gasteiger partial charge in [0.15, 0.2) is 0 Å². The summed E-state index contributed by atoms with van der Waals surface area (Å²) < 4.78 is 16.4. The molecule has 0 aliphatic rings. The van der Waals surface area contributed by atoms with Crippen LogP contribution in [0.25, 0.3) is 0 Å². The summed E-state index contributed by atoms with van der Waals surface area (Å²) in [6, 6.07) is 0. The monoisotopic (exact) mass is 233 g/mol. The van der Waals surface area contributed by atoms with Crippen molar-refractivity contribution in [3.63, 3.8) is 0 Å². The number of ether oxygens (including phenoxy) is 3. The minimum atomic E-state index is 0.242. The molecule has 0 saturated carbocycles. The molecule has 0 amide bonds. The zero-order chi connectivity index (χ0) is 12.2. The van der Waals surface area contributed by atoms with E-state index in [0.29, 0.717) is 13.2 Å². The molecule has 2 unspecified atom stereocenters. The molecule has 0 rings (SSSR count). The molecule has 2 atom stereocenters. The van der Waals surface area contributed by atoms with Gasteiger partial charge in [-0.25, -0.2) is 0 Å². The van der Waals surface area contributed by atoms with Crippen LogP contribution in [0.2, 0.25) is 0 Å². The Labute approximate surface area is 99.4 Å². The fourth-order valence-corrected chi connectivity index (χ4v) is 1.32. The van der Waals surface area contributed by atoms with E-state index in [1.54, 1.807) is 0 Å². The molecule has 4 heteroatoms. The van der Waals surface area contributed by atoms with Crippen LogP contribution in [-0.2, 0) is 14.2 Å². The van der Waals surface area contributed by atoms with Gasteiger partial charge in [-0.15, -0.1) is 0 Å². The molecule has 0 aliphatic heterocycles. The van der Waals surface area contributed by atoms with Crippen molar-refractivity contribution in [1.29, 1.82) is 0 Å². The van der Waals surface area contributed by atoms with Crippen molar-refractivity contribution in [2.24, 2.45) is 5.73 Å². The van der Waals surface area contributed by atoms with Crippen LogP contribution in [0.3, 0.4) is 0 Å². The third kappa shape index (κ3) is 10.4. The Hall–Kier alpha value is -0.160. The summed E-state index contributed by atoms with van der Waals surface area (Å²) in [6.07, 6.45) is 2.39. The Kier molecular flexibility index (Phi) is 11.2. The van der Waals surface area contributed by atoms with Gasteiger partial charge in [0.05, 0.1) is 18.8 Å². The van der Waals surface area contributed by atoms with Crippen LogP contribution in [0.4, 0.5) is 0 Å². The lowest BCUT2D eigenvalue weighted by Gasteiger charge is -2.15. The second kappa shape index (κ2) is 11.3. The number of hydrogen-bond donors (Lipinski definition) is 1. The predicted octanol–water partition coefficient (Wildman–Crippen LogP) is 1.57. The molecule has 0 fully saturated rings. The molecule has 0 bridgehead atoms. The van der Waals surface area contributed by atoms with Crippen molar-refractivity contribution in [1.82, 2.24) is 0 Å². The molecular weight excluding hydrogens is 206 g/mol. The summed E-state index contributed by atoms with van der Waals surface area (Å²) in [5, 5.41) is 0. The van der Waals surface area contributed by atoms with E-state index in [1.807, 2.05) is 6.92 Å². The number of rotatable bonds is 11. The lowest BCUT2D eigenvalue weighted by molar-refractivity contribution is 0.00196. The van der Waals surface area contributed by atoms with Crippen molar-refractivity contribution in [3.05, 3.63) is 0 Å². The third-order valence-electron chi connectivity index (χ3n) is 2.31. The highest BCUT2D eigenvalue weighted by Gasteiger charge is 2.04. The average molecular weight is 233 g/mol. The molecular formula is C12H27NO3. The summed E-state index contributed by atoms with van der Waals surface area (Å²) >= 11 is 0. The van der Waals surface area contributed by atoms with E-state index in [9.17, 15) is 0 Å². The van der Waals surface area contributed by atoms with Crippen LogP contribution in [0.15, 0.2) is 0 Å². The number of nitrogens with two attached hydrogens (primary N) is 1. The first-order valence-electron chi connectivity index (χ1n) is 6.21. The van der Waals surface area contributed by atoms with E-state index in [1.165, 1.54) is 0 Å². The first-order valence-corrected chi connectivity index (χ1v) is 6.21. The molecule has 0 spiro atoms. The van der Waals surface area contributed by atoms with E-state index >= 15 is 0 Å². The van der Waals surface area contributed by atoms with Crippen molar-refractivity contribution in [3.8, 4) is 0 Å². The van der Waals surface area contributed by atoms with Gasteiger partial charge in [0.2, 0.25) is 0 Å². The molecule has 0 saturated heterocycles. The topological polar surface area (TPSA) is 53.7 Å². The van der Waals surface area contributed by atoms with Gasteiger partial charge >= 0.3 is 0 Å². The molecule has 0 aromatic carbocycles. The summed E-state index contributed by atoms with van der Waals surface area (Å²) in [7, 11) is 0. The van der Waals surface area contributed by atoms with E-state index < -0.39 is 0 Å². The molecule has 0 aromatic heterocycles. The quantitative estimate of drug-likeness (QED) is 0.550. The van der Waals surface area contributed by atoms with Crippen LogP contribution in [0, 0.1) is 0 Å². The minimum absolute atomic E-state index is 0.242. The Morgan fingerprint density at radius 3 is 2.19 bits per heavy atom. The Morgan fingerprint density at radius 2 is 1.56 bits per heavy atom. The van der Waals surface area contributed by atoms with E-state index in [0.717, 1.165) is 32.7 Å².